The van der Waals surface area contributed by atoms with Crippen LogP contribution in [0.4, 0.5) is 5.13 Å². The van der Waals surface area contributed by atoms with Crippen LogP contribution in [0.5, 0.6) is 5.75 Å². The van der Waals surface area contributed by atoms with Gasteiger partial charge in [-0.3, -0.25) is 10.1 Å². The fraction of sp³-hybridized carbons (Fsp3) is 0.0476. The topological polar surface area (TPSA) is 51.2 Å². The lowest BCUT2D eigenvalue weighted by atomic mass is 10.1. The van der Waals surface area contributed by atoms with Crippen molar-refractivity contribution in [1.29, 1.82) is 0 Å². The summed E-state index contributed by atoms with van der Waals surface area (Å²) >= 11 is 7.39. The summed E-state index contributed by atoms with van der Waals surface area (Å²) in [7, 11) is 0. The van der Waals surface area contributed by atoms with Crippen LogP contribution in [0.2, 0.25) is 5.02 Å². The normalized spacial score (nSPS) is 10.7. The molecule has 4 aromatic rings. The van der Waals surface area contributed by atoms with E-state index in [4.69, 9.17) is 16.3 Å². The maximum atomic E-state index is 12.1. The second-order valence-electron chi connectivity index (χ2n) is 5.87. The molecule has 0 aliphatic carbocycles. The molecule has 0 fully saturated rings. The van der Waals surface area contributed by atoms with Crippen molar-refractivity contribution in [2.24, 2.45) is 0 Å². The molecule has 1 aromatic heterocycles. The van der Waals surface area contributed by atoms with Gasteiger partial charge in [0.25, 0.3) is 5.91 Å². The Bertz CT molecular complexity index is 1110. The Labute approximate surface area is 165 Å². The lowest BCUT2D eigenvalue weighted by Gasteiger charge is -2.07. The van der Waals surface area contributed by atoms with Gasteiger partial charge in [-0.15, -0.1) is 11.3 Å². The number of hydrogen-bond acceptors (Lipinski definition) is 4. The standard InChI is InChI=1S/C21H15ClN2O2S/c22-17-7-3-4-8-19(17)26-12-20(25)24-21-23-18(13-27-21)16-10-9-14-5-1-2-6-15(14)11-16/h1-11,13H,12H2,(H,23,24,25). The molecule has 0 unspecified atom stereocenters. The monoisotopic (exact) mass is 394 g/mol. The lowest BCUT2D eigenvalue weighted by molar-refractivity contribution is -0.118. The first-order valence-corrected chi connectivity index (χ1v) is 9.57. The molecule has 0 atom stereocenters. The van der Waals surface area contributed by atoms with Crippen molar-refractivity contribution in [1.82, 2.24) is 4.98 Å². The zero-order chi connectivity index (χ0) is 18.6. The van der Waals surface area contributed by atoms with Gasteiger partial charge in [0.05, 0.1) is 10.7 Å². The largest absolute Gasteiger partial charge is 0.482 e. The van der Waals surface area contributed by atoms with Crippen LogP contribution < -0.4 is 10.1 Å². The molecule has 27 heavy (non-hydrogen) atoms. The third-order valence-electron chi connectivity index (χ3n) is 3.99. The highest BCUT2D eigenvalue weighted by Crippen LogP contribution is 2.28. The van der Waals surface area contributed by atoms with E-state index < -0.39 is 0 Å². The van der Waals surface area contributed by atoms with Crippen LogP contribution in [0.25, 0.3) is 22.0 Å². The number of amides is 1. The van der Waals surface area contributed by atoms with Gasteiger partial charge in [-0.25, -0.2) is 4.98 Å². The molecule has 1 heterocycles. The van der Waals surface area contributed by atoms with Crippen molar-refractivity contribution >= 4 is 44.7 Å². The highest BCUT2D eigenvalue weighted by atomic mass is 35.5. The van der Waals surface area contributed by atoms with Crippen LogP contribution in [-0.2, 0) is 4.79 Å². The van der Waals surface area contributed by atoms with Gasteiger partial charge < -0.3 is 4.74 Å². The Hall–Kier alpha value is -2.89. The Balaban J connectivity index is 1.42. The van der Waals surface area contributed by atoms with Crippen molar-refractivity contribution < 1.29 is 9.53 Å². The second kappa shape index (κ2) is 7.78. The number of rotatable bonds is 5. The molecule has 6 heteroatoms. The number of hydrogen-bond donors (Lipinski definition) is 1. The number of nitrogens with one attached hydrogen (secondary N) is 1. The van der Waals surface area contributed by atoms with Gasteiger partial charge in [0.1, 0.15) is 5.75 Å². The average molecular weight is 395 g/mol. The van der Waals surface area contributed by atoms with E-state index in [9.17, 15) is 4.79 Å². The number of ether oxygens (including phenoxy) is 1. The molecule has 4 rings (SSSR count). The number of para-hydroxylation sites is 1. The highest BCUT2D eigenvalue weighted by molar-refractivity contribution is 7.14. The molecule has 0 radical (unpaired) electrons. The smallest absolute Gasteiger partial charge is 0.264 e. The van der Waals surface area contributed by atoms with Crippen LogP contribution in [0, 0.1) is 0 Å². The number of nitrogens with zero attached hydrogens (tertiary/aromatic N) is 1. The fourth-order valence-corrected chi connectivity index (χ4v) is 3.60. The summed E-state index contributed by atoms with van der Waals surface area (Å²) in [6, 6.07) is 21.4. The SMILES string of the molecule is O=C(COc1ccccc1Cl)Nc1nc(-c2ccc3ccccc3c2)cs1. The Kier molecular flexibility index (Phi) is 5.05. The molecule has 0 saturated heterocycles. The van der Waals surface area contributed by atoms with E-state index in [0.717, 1.165) is 16.6 Å². The molecular formula is C21H15ClN2O2S. The molecule has 3 aromatic carbocycles. The first-order chi connectivity index (χ1) is 13.2. The van der Waals surface area contributed by atoms with E-state index in [1.165, 1.54) is 16.7 Å². The minimum Gasteiger partial charge on any atom is -0.482 e. The number of carbonyl (C=O) groups is 1. The van der Waals surface area contributed by atoms with E-state index in [2.05, 4.69) is 34.6 Å². The lowest BCUT2D eigenvalue weighted by Crippen LogP contribution is -2.20. The van der Waals surface area contributed by atoms with Crippen LogP contribution in [0.15, 0.2) is 72.1 Å². The third-order valence-corrected chi connectivity index (χ3v) is 5.06. The summed E-state index contributed by atoms with van der Waals surface area (Å²) in [4.78, 5) is 16.6. The molecule has 4 nitrogen and oxygen atoms in total. The van der Waals surface area contributed by atoms with Gasteiger partial charge in [0.2, 0.25) is 0 Å². The average Bonchev–Trinajstić information content (AvgIpc) is 3.15. The summed E-state index contributed by atoms with van der Waals surface area (Å²) in [6.45, 7) is -0.130. The van der Waals surface area contributed by atoms with Gasteiger partial charge in [-0.05, 0) is 29.0 Å². The summed E-state index contributed by atoms with van der Waals surface area (Å²) in [6.07, 6.45) is 0. The van der Waals surface area contributed by atoms with Gasteiger partial charge >= 0.3 is 0 Å². The molecule has 0 bridgehead atoms. The number of carbonyl (C=O) groups excluding carboxylic acids is 1. The zero-order valence-corrected chi connectivity index (χ0v) is 15.8. The predicted molar refractivity (Wildman–Crippen MR) is 111 cm³/mol. The van der Waals surface area contributed by atoms with Gasteiger partial charge in [0.15, 0.2) is 11.7 Å². The van der Waals surface area contributed by atoms with Gasteiger partial charge in [0, 0.05) is 10.9 Å². The van der Waals surface area contributed by atoms with E-state index >= 15 is 0 Å². The summed E-state index contributed by atoms with van der Waals surface area (Å²) in [5.41, 5.74) is 1.84. The molecule has 134 valence electrons. The minimum absolute atomic E-state index is 0.130. The zero-order valence-electron chi connectivity index (χ0n) is 14.2. The first-order valence-electron chi connectivity index (χ1n) is 8.31. The maximum absolute atomic E-state index is 12.1. The quantitative estimate of drug-likeness (QED) is 0.477. The van der Waals surface area contributed by atoms with Crippen molar-refractivity contribution in [3.63, 3.8) is 0 Å². The molecular weight excluding hydrogens is 380 g/mol. The molecule has 0 saturated carbocycles. The fourth-order valence-electron chi connectivity index (χ4n) is 2.67. The Morgan fingerprint density at radius 1 is 1.04 bits per heavy atom. The summed E-state index contributed by atoms with van der Waals surface area (Å²) < 4.78 is 5.44. The van der Waals surface area contributed by atoms with Gasteiger partial charge in [-0.2, -0.15) is 0 Å². The summed E-state index contributed by atoms with van der Waals surface area (Å²) in [5, 5.41) is 8.02. The number of thiazole rings is 1. The van der Waals surface area contributed by atoms with Crippen LogP contribution in [0.1, 0.15) is 0 Å². The Morgan fingerprint density at radius 2 is 1.81 bits per heavy atom. The molecule has 1 amide bonds. The van der Waals surface area contributed by atoms with Crippen molar-refractivity contribution in [3.05, 3.63) is 77.1 Å². The number of aromatic nitrogens is 1. The molecule has 0 aliphatic heterocycles. The van der Waals surface area contributed by atoms with E-state index in [1.54, 1.807) is 24.3 Å². The van der Waals surface area contributed by atoms with Gasteiger partial charge in [-0.1, -0.05) is 60.1 Å². The van der Waals surface area contributed by atoms with E-state index in [0.29, 0.717) is 15.9 Å². The predicted octanol–water partition coefficient (Wildman–Crippen LogP) is 5.63. The van der Waals surface area contributed by atoms with Crippen LogP contribution in [-0.4, -0.2) is 17.5 Å². The number of halogens is 1. The van der Waals surface area contributed by atoms with E-state index in [-0.39, 0.29) is 12.5 Å². The maximum Gasteiger partial charge on any atom is 0.264 e. The Morgan fingerprint density at radius 3 is 2.67 bits per heavy atom. The highest BCUT2D eigenvalue weighted by Gasteiger charge is 2.10. The number of anilines is 1. The van der Waals surface area contributed by atoms with E-state index in [1.807, 2.05) is 23.6 Å². The molecule has 0 aliphatic rings. The second-order valence-corrected chi connectivity index (χ2v) is 7.13. The first kappa shape index (κ1) is 17.5. The summed E-state index contributed by atoms with van der Waals surface area (Å²) in [5.74, 6) is 0.194. The van der Waals surface area contributed by atoms with Crippen LogP contribution >= 0.6 is 22.9 Å². The van der Waals surface area contributed by atoms with Crippen molar-refractivity contribution in [2.75, 3.05) is 11.9 Å². The van der Waals surface area contributed by atoms with Crippen LogP contribution in [0.3, 0.4) is 0 Å². The molecule has 1 N–H and O–H groups in total. The van der Waals surface area contributed by atoms with Crippen molar-refractivity contribution in [2.45, 2.75) is 0 Å². The molecule has 0 spiro atoms. The van der Waals surface area contributed by atoms with Crippen molar-refractivity contribution in [3.8, 4) is 17.0 Å². The number of benzene rings is 3. The minimum atomic E-state index is -0.283. The third kappa shape index (κ3) is 4.10. The number of fused-ring (bicyclic) bond motifs is 1.